The molecule has 25 heavy (non-hydrogen) atoms. The van der Waals surface area contributed by atoms with Gasteiger partial charge >= 0.3 is 0 Å². The second-order valence-electron chi connectivity index (χ2n) is 6.59. The van der Waals surface area contributed by atoms with E-state index in [4.69, 9.17) is 10.2 Å². The fourth-order valence-electron chi connectivity index (χ4n) is 3.52. The van der Waals surface area contributed by atoms with Gasteiger partial charge in [0, 0.05) is 32.4 Å². The van der Waals surface area contributed by atoms with Crippen molar-refractivity contribution in [3.05, 3.63) is 29.7 Å². The first-order chi connectivity index (χ1) is 12.2. The van der Waals surface area contributed by atoms with Gasteiger partial charge in [-0.15, -0.1) is 0 Å². The minimum Gasteiger partial charge on any atom is -0.391 e. The average molecular weight is 339 g/mol. The highest BCUT2D eigenvalue weighted by Crippen LogP contribution is 2.22. The van der Waals surface area contributed by atoms with E-state index in [1.807, 2.05) is 16.8 Å². The Bertz CT molecular complexity index is 797. The molecule has 0 spiro atoms. The first-order valence-electron chi connectivity index (χ1n) is 8.71. The largest absolute Gasteiger partial charge is 0.391 e. The van der Waals surface area contributed by atoms with Gasteiger partial charge in [-0.05, 0) is 31.4 Å². The molecule has 1 N–H and O–H groups in total. The molecule has 0 aromatic carbocycles. The molecular weight excluding hydrogens is 318 g/mol. The number of hydrogen-bond acceptors (Lipinski definition) is 7. The molecule has 2 aliphatic heterocycles. The Labute approximate surface area is 146 Å². The van der Waals surface area contributed by atoms with Crippen LogP contribution in [0.5, 0.6) is 0 Å². The highest BCUT2D eigenvalue weighted by Gasteiger charge is 2.22. The van der Waals surface area contributed by atoms with Crippen LogP contribution in [0.1, 0.15) is 30.7 Å². The van der Waals surface area contributed by atoms with E-state index in [9.17, 15) is 5.11 Å². The van der Waals surface area contributed by atoms with Gasteiger partial charge in [-0.1, -0.05) is 0 Å². The topological polar surface area (TPSA) is 94.1 Å². The lowest BCUT2D eigenvalue weighted by atomic mass is 10.1. The maximum Gasteiger partial charge on any atom is 0.227 e. The summed E-state index contributed by atoms with van der Waals surface area (Å²) in [4.78, 5) is 13.4. The number of anilines is 2. The number of aliphatic hydroxyl groups is 1. The Morgan fingerprint density at radius 3 is 2.92 bits per heavy atom. The van der Waals surface area contributed by atoms with Crippen LogP contribution in [0.15, 0.2) is 18.3 Å². The van der Waals surface area contributed by atoms with E-state index >= 15 is 0 Å². The van der Waals surface area contributed by atoms with Crippen LogP contribution in [0.2, 0.25) is 0 Å². The quantitative estimate of drug-likeness (QED) is 0.869. The molecule has 8 heteroatoms. The van der Waals surface area contributed by atoms with Crippen LogP contribution >= 0.6 is 0 Å². The maximum absolute atomic E-state index is 9.90. The first kappa shape index (κ1) is 15.8. The molecule has 1 atom stereocenters. The molecule has 4 heterocycles. The number of aromatic nitrogens is 4. The second kappa shape index (κ2) is 6.69. The summed E-state index contributed by atoms with van der Waals surface area (Å²) in [5.74, 6) is 1.55. The predicted molar refractivity (Wildman–Crippen MR) is 92.1 cm³/mol. The average Bonchev–Trinajstić information content (AvgIpc) is 2.92. The number of β-amino-alcohol motifs (C(OH)–C–C–N with tert-alkyl or cyclic N) is 1. The lowest BCUT2D eigenvalue weighted by Gasteiger charge is -2.31. The molecule has 1 fully saturated rings. The van der Waals surface area contributed by atoms with Gasteiger partial charge in [0.05, 0.1) is 18.3 Å². The molecule has 0 saturated carbocycles. The Hall–Kier alpha value is -2.66. The number of piperidine rings is 1. The molecule has 0 unspecified atom stereocenters. The summed E-state index contributed by atoms with van der Waals surface area (Å²) in [6.07, 6.45) is 4.24. The number of nitrogens with zero attached hydrogens (tertiary/aromatic N) is 7. The molecular formula is C17H21N7O. The lowest BCUT2D eigenvalue weighted by Crippen LogP contribution is -2.39. The molecule has 8 nitrogen and oxygen atoms in total. The fourth-order valence-corrected chi connectivity index (χ4v) is 3.52. The van der Waals surface area contributed by atoms with E-state index in [2.05, 4.69) is 26.0 Å². The number of nitriles is 1. The van der Waals surface area contributed by atoms with Crippen LogP contribution in [0, 0.1) is 11.3 Å². The highest BCUT2D eigenvalue weighted by molar-refractivity contribution is 5.44. The molecule has 2 aromatic rings. The van der Waals surface area contributed by atoms with Gasteiger partial charge in [0.1, 0.15) is 11.9 Å². The van der Waals surface area contributed by atoms with Crippen molar-refractivity contribution in [3.8, 4) is 6.07 Å². The Balaban J connectivity index is 1.57. The van der Waals surface area contributed by atoms with E-state index in [0.717, 1.165) is 50.4 Å². The van der Waals surface area contributed by atoms with Crippen molar-refractivity contribution in [1.29, 1.82) is 5.26 Å². The maximum atomic E-state index is 9.90. The van der Waals surface area contributed by atoms with Gasteiger partial charge in [0.15, 0.2) is 5.69 Å². The molecule has 0 amide bonds. The van der Waals surface area contributed by atoms with Gasteiger partial charge < -0.3 is 14.9 Å². The molecule has 2 aliphatic rings. The van der Waals surface area contributed by atoms with Crippen molar-refractivity contribution >= 4 is 11.8 Å². The zero-order valence-corrected chi connectivity index (χ0v) is 14.0. The number of aliphatic hydroxyl groups excluding tert-OH is 1. The van der Waals surface area contributed by atoms with Crippen LogP contribution in [0.3, 0.4) is 0 Å². The predicted octanol–water partition coefficient (Wildman–Crippen LogP) is 0.916. The third-order valence-corrected chi connectivity index (χ3v) is 4.76. The molecule has 0 bridgehead atoms. The van der Waals surface area contributed by atoms with Crippen LogP contribution < -0.4 is 9.80 Å². The minimum atomic E-state index is -0.288. The van der Waals surface area contributed by atoms with Crippen molar-refractivity contribution < 1.29 is 5.11 Å². The molecule has 4 rings (SSSR count). The Kier molecular flexibility index (Phi) is 4.24. The smallest absolute Gasteiger partial charge is 0.227 e. The summed E-state index contributed by atoms with van der Waals surface area (Å²) < 4.78 is 1.91. The van der Waals surface area contributed by atoms with Gasteiger partial charge in [0.25, 0.3) is 0 Å². The molecule has 0 radical (unpaired) electrons. The summed E-state index contributed by atoms with van der Waals surface area (Å²) >= 11 is 0. The normalized spacial score (nSPS) is 20.7. The van der Waals surface area contributed by atoms with E-state index in [1.54, 1.807) is 6.20 Å². The van der Waals surface area contributed by atoms with Crippen LogP contribution in [-0.4, -0.2) is 50.6 Å². The van der Waals surface area contributed by atoms with E-state index in [-0.39, 0.29) is 6.10 Å². The van der Waals surface area contributed by atoms with E-state index < -0.39 is 0 Å². The lowest BCUT2D eigenvalue weighted by molar-refractivity contribution is 0.154. The number of aryl methyl sites for hydroxylation is 1. The number of hydrogen-bond donors (Lipinski definition) is 1. The van der Waals surface area contributed by atoms with Crippen molar-refractivity contribution in [2.45, 2.75) is 38.5 Å². The summed E-state index contributed by atoms with van der Waals surface area (Å²) in [5, 5.41) is 23.3. The van der Waals surface area contributed by atoms with Crippen molar-refractivity contribution in [2.24, 2.45) is 0 Å². The molecule has 130 valence electrons. The number of fused-ring (bicyclic) bond motifs is 1. The van der Waals surface area contributed by atoms with Crippen molar-refractivity contribution in [3.63, 3.8) is 0 Å². The van der Waals surface area contributed by atoms with Crippen molar-refractivity contribution in [1.82, 2.24) is 19.7 Å². The summed E-state index contributed by atoms with van der Waals surface area (Å²) in [5.41, 5.74) is 1.46. The van der Waals surface area contributed by atoms with Gasteiger partial charge in [0.2, 0.25) is 5.95 Å². The third-order valence-electron chi connectivity index (χ3n) is 4.76. The summed E-state index contributed by atoms with van der Waals surface area (Å²) in [7, 11) is 0. The van der Waals surface area contributed by atoms with Gasteiger partial charge in [-0.2, -0.15) is 15.3 Å². The standard InChI is InChI=1S/C17H21N7O/c18-10-13-9-14-11-23(7-2-8-24(14)21-13)17-19-5-4-16(20-17)22-6-1-3-15(25)12-22/h4-5,9,15,25H,1-3,6-8,11-12H2/t15-/m0/s1. The first-order valence-corrected chi connectivity index (χ1v) is 8.71. The van der Waals surface area contributed by atoms with Crippen LogP contribution in [-0.2, 0) is 13.1 Å². The van der Waals surface area contributed by atoms with Crippen LogP contribution in [0.25, 0.3) is 0 Å². The number of rotatable bonds is 2. The molecule has 0 aliphatic carbocycles. The SMILES string of the molecule is N#Cc1cc2n(n1)CCCN(c1nccc(N3CCC[C@H](O)C3)n1)C2. The monoisotopic (exact) mass is 339 g/mol. The van der Waals surface area contributed by atoms with Gasteiger partial charge in [-0.3, -0.25) is 4.68 Å². The van der Waals surface area contributed by atoms with Gasteiger partial charge in [-0.25, -0.2) is 4.98 Å². The molecule has 1 saturated heterocycles. The second-order valence-corrected chi connectivity index (χ2v) is 6.59. The van der Waals surface area contributed by atoms with E-state index in [0.29, 0.717) is 24.7 Å². The van der Waals surface area contributed by atoms with Crippen LogP contribution in [0.4, 0.5) is 11.8 Å². The fraction of sp³-hybridized carbons (Fsp3) is 0.529. The Morgan fingerprint density at radius 2 is 2.08 bits per heavy atom. The van der Waals surface area contributed by atoms with Crippen molar-refractivity contribution in [2.75, 3.05) is 29.4 Å². The summed E-state index contributed by atoms with van der Waals surface area (Å²) in [6.45, 7) is 3.81. The zero-order valence-electron chi connectivity index (χ0n) is 14.0. The van der Waals surface area contributed by atoms with E-state index in [1.165, 1.54) is 0 Å². The third kappa shape index (κ3) is 3.28. The zero-order chi connectivity index (χ0) is 17.2. The Morgan fingerprint density at radius 1 is 1.20 bits per heavy atom. The summed E-state index contributed by atoms with van der Waals surface area (Å²) in [6, 6.07) is 5.84. The molecule has 2 aromatic heterocycles. The highest BCUT2D eigenvalue weighted by atomic mass is 16.3. The minimum absolute atomic E-state index is 0.288.